The van der Waals surface area contributed by atoms with Gasteiger partial charge in [0.15, 0.2) is 0 Å². The molecule has 116 valence electrons. The number of fused-ring (bicyclic) bond motifs is 2. The van der Waals surface area contributed by atoms with Crippen LogP contribution in [-0.4, -0.2) is 29.8 Å². The van der Waals surface area contributed by atoms with E-state index < -0.39 is 0 Å². The van der Waals surface area contributed by atoms with Crippen molar-refractivity contribution in [2.45, 2.75) is 63.8 Å². The molecule has 2 heterocycles. The lowest BCUT2D eigenvalue weighted by Crippen LogP contribution is -2.45. The fourth-order valence-corrected chi connectivity index (χ4v) is 4.13. The second kappa shape index (κ2) is 5.93. The van der Waals surface area contributed by atoms with Crippen molar-refractivity contribution in [3.05, 3.63) is 29.6 Å². The summed E-state index contributed by atoms with van der Waals surface area (Å²) in [6, 6.07) is 6.10. The number of nitrogens with zero attached hydrogens (tertiary/aromatic N) is 1. The highest BCUT2D eigenvalue weighted by Gasteiger charge is 2.41. The maximum absolute atomic E-state index is 14.4. The molecule has 1 aromatic carbocycles. The van der Waals surface area contributed by atoms with E-state index in [4.69, 9.17) is 0 Å². The SMILES string of the molecule is CCNC(C)c1c(F)cccc1N1C2CCC1CC(O)C2. The van der Waals surface area contributed by atoms with E-state index in [1.165, 1.54) is 0 Å². The summed E-state index contributed by atoms with van der Waals surface area (Å²) in [5.74, 6) is -0.133. The third-order valence-electron chi connectivity index (χ3n) is 4.96. The first-order chi connectivity index (χ1) is 10.1. The normalized spacial score (nSPS) is 29.7. The third-order valence-corrected chi connectivity index (χ3v) is 4.96. The van der Waals surface area contributed by atoms with Crippen LogP contribution in [0.2, 0.25) is 0 Å². The molecule has 0 aromatic heterocycles. The number of hydrogen-bond acceptors (Lipinski definition) is 3. The van der Waals surface area contributed by atoms with Crippen molar-refractivity contribution in [3.63, 3.8) is 0 Å². The molecule has 1 aromatic rings. The average Bonchev–Trinajstić information content (AvgIpc) is 2.70. The van der Waals surface area contributed by atoms with Gasteiger partial charge < -0.3 is 15.3 Å². The molecule has 3 rings (SSSR count). The molecule has 0 spiro atoms. The van der Waals surface area contributed by atoms with Crippen molar-refractivity contribution in [2.24, 2.45) is 0 Å². The smallest absolute Gasteiger partial charge is 0.130 e. The van der Waals surface area contributed by atoms with Gasteiger partial charge in [0.05, 0.1) is 6.10 Å². The fourth-order valence-electron chi connectivity index (χ4n) is 4.13. The maximum Gasteiger partial charge on any atom is 0.130 e. The van der Waals surface area contributed by atoms with Crippen molar-refractivity contribution in [2.75, 3.05) is 11.4 Å². The summed E-state index contributed by atoms with van der Waals surface area (Å²) in [6.45, 7) is 4.88. The monoisotopic (exact) mass is 292 g/mol. The van der Waals surface area contributed by atoms with Gasteiger partial charge >= 0.3 is 0 Å². The van der Waals surface area contributed by atoms with Gasteiger partial charge in [-0.15, -0.1) is 0 Å². The molecule has 0 radical (unpaired) electrons. The Morgan fingerprint density at radius 1 is 1.33 bits per heavy atom. The first-order valence-electron chi connectivity index (χ1n) is 8.10. The highest BCUT2D eigenvalue weighted by atomic mass is 19.1. The van der Waals surface area contributed by atoms with E-state index in [2.05, 4.69) is 10.2 Å². The van der Waals surface area contributed by atoms with Crippen LogP contribution in [-0.2, 0) is 0 Å². The van der Waals surface area contributed by atoms with Gasteiger partial charge in [-0.2, -0.15) is 0 Å². The highest BCUT2D eigenvalue weighted by molar-refractivity contribution is 5.58. The van der Waals surface area contributed by atoms with Crippen molar-refractivity contribution >= 4 is 5.69 Å². The average molecular weight is 292 g/mol. The number of nitrogens with one attached hydrogen (secondary N) is 1. The van der Waals surface area contributed by atoms with Crippen LogP contribution in [0, 0.1) is 5.82 Å². The predicted octanol–water partition coefficient (Wildman–Crippen LogP) is 2.99. The van der Waals surface area contributed by atoms with E-state index in [1.54, 1.807) is 12.1 Å². The van der Waals surface area contributed by atoms with Gasteiger partial charge in [0.25, 0.3) is 0 Å². The van der Waals surface area contributed by atoms with Crippen LogP contribution in [0.4, 0.5) is 10.1 Å². The van der Waals surface area contributed by atoms with E-state index in [0.717, 1.165) is 43.5 Å². The maximum atomic E-state index is 14.4. The van der Waals surface area contributed by atoms with Gasteiger partial charge in [-0.3, -0.25) is 0 Å². The molecule has 2 bridgehead atoms. The van der Waals surface area contributed by atoms with Crippen molar-refractivity contribution in [1.29, 1.82) is 0 Å². The minimum Gasteiger partial charge on any atom is -0.393 e. The zero-order valence-corrected chi connectivity index (χ0v) is 12.8. The Hall–Kier alpha value is -1.13. The molecule has 2 saturated heterocycles. The van der Waals surface area contributed by atoms with Crippen molar-refractivity contribution in [1.82, 2.24) is 5.32 Å². The van der Waals surface area contributed by atoms with E-state index in [0.29, 0.717) is 12.1 Å². The second-order valence-electron chi connectivity index (χ2n) is 6.37. The first-order valence-corrected chi connectivity index (χ1v) is 8.10. The number of halogens is 1. The zero-order valence-electron chi connectivity index (χ0n) is 12.8. The molecule has 2 aliphatic rings. The molecule has 2 fully saturated rings. The lowest BCUT2D eigenvalue weighted by Gasteiger charge is -2.40. The van der Waals surface area contributed by atoms with Gasteiger partial charge in [0.2, 0.25) is 0 Å². The van der Waals surface area contributed by atoms with Crippen molar-refractivity contribution < 1.29 is 9.50 Å². The van der Waals surface area contributed by atoms with Crippen LogP contribution in [0.25, 0.3) is 0 Å². The third kappa shape index (κ3) is 2.67. The summed E-state index contributed by atoms with van der Waals surface area (Å²) in [5, 5.41) is 13.3. The molecule has 0 aliphatic carbocycles. The molecule has 0 saturated carbocycles. The Morgan fingerprint density at radius 2 is 2.00 bits per heavy atom. The Balaban J connectivity index is 1.97. The quantitative estimate of drug-likeness (QED) is 0.895. The summed E-state index contributed by atoms with van der Waals surface area (Å²) < 4.78 is 14.4. The lowest BCUT2D eigenvalue weighted by atomic mass is 9.96. The Labute approximate surface area is 126 Å². The lowest BCUT2D eigenvalue weighted by molar-refractivity contribution is 0.126. The number of piperidine rings is 1. The molecule has 0 amide bonds. The molecular formula is C17H25FN2O. The number of rotatable bonds is 4. The number of hydrogen-bond donors (Lipinski definition) is 2. The van der Waals surface area contributed by atoms with E-state index in [9.17, 15) is 9.50 Å². The van der Waals surface area contributed by atoms with E-state index in [1.807, 2.05) is 19.9 Å². The highest BCUT2D eigenvalue weighted by Crippen LogP contribution is 2.42. The van der Waals surface area contributed by atoms with Gasteiger partial charge in [0.1, 0.15) is 5.82 Å². The van der Waals surface area contributed by atoms with Crippen LogP contribution < -0.4 is 10.2 Å². The van der Waals surface area contributed by atoms with Crippen LogP contribution in [0.5, 0.6) is 0 Å². The minimum atomic E-state index is -0.193. The molecule has 4 heteroatoms. The minimum absolute atomic E-state index is 0.00236. The number of aliphatic hydroxyl groups is 1. The van der Waals surface area contributed by atoms with Gasteiger partial charge in [0, 0.05) is 29.4 Å². The second-order valence-corrected chi connectivity index (χ2v) is 6.37. The van der Waals surface area contributed by atoms with Gasteiger partial charge in [-0.1, -0.05) is 13.0 Å². The molecule has 2 N–H and O–H groups in total. The Kier molecular flexibility index (Phi) is 4.18. The largest absolute Gasteiger partial charge is 0.393 e. The summed E-state index contributed by atoms with van der Waals surface area (Å²) in [5.41, 5.74) is 1.79. The van der Waals surface area contributed by atoms with Crippen LogP contribution in [0.1, 0.15) is 51.1 Å². The van der Waals surface area contributed by atoms with Crippen LogP contribution in [0.15, 0.2) is 18.2 Å². The van der Waals surface area contributed by atoms with Crippen LogP contribution in [0.3, 0.4) is 0 Å². The summed E-state index contributed by atoms with van der Waals surface area (Å²) in [4.78, 5) is 2.37. The summed E-state index contributed by atoms with van der Waals surface area (Å²) in [6.07, 6.45) is 3.63. The number of benzene rings is 1. The standard InChI is InChI=1S/C17H25FN2O/c1-3-19-11(2)17-15(18)5-4-6-16(17)20-12-7-8-13(20)10-14(21)9-12/h4-6,11-14,19,21H,3,7-10H2,1-2H3. The summed E-state index contributed by atoms with van der Waals surface area (Å²) in [7, 11) is 0. The first kappa shape index (κ1) is 14.8. The van der Waals surface area contributed by atoms with Gasteiger partial charge in [-0.05, 0) is 51.3 Å². The van der Waals surface area contributed by atoms with E-state index in [-0.39, 0.29) is 18.0 Å². The Bertz CT molecular complexity index is 494. The number of aliphatic hydroxyl groups excluding tert-OH is 1. The van der Waals surface area contributed by atoms with Crippen LogP contribution >= 0.6 is 0 Å². The molecule has 3 unspecified atom stereocenters. The van der Waals surface area contributed by atoms with Gasteiger partial charge in [-0.25, -0.2) is 4.39 Å². The molecule has 21 heavy (non-hydrogen) atoms. The van der Waals surface area contributed by atoms with Crippen molar-refractivity contribution in [3.8, 4) is 0 Å². The predicted molar refractivity (Wildman–Crippen MR) is 83.0 cm³/mol. The zero-order chi connectivity index (χ0) is 15.0. The molecule has 3 nitrogen and oxygen atoms in total. The summed E-state index contributed by atoms with van der Waals surface area (Å²) >= 11 is 0. The fraction of sp³-hybridized carbons (Fsp3) is 0.647. The van der Waals surface area contributed by atoms with E-state index >= 15 is 0 Å². The Morgan fingerprint density at radius 3 is 2.62 bits per heavy atom. The number of anilines is 1. The topological polar surface area (TPSA) is 35.5 Å². The molecule has 3 atom stereocenters. The molecular weight excluding hydrogens is 267 g/mol. The molecule has 2 aliphatic heterocycles.